The summed E-state index contributed by atoms with van der Waals surface area (Å²) >= 11 is 0. The van der Waals surface area contributed by atoms with E-state index in [-0.39, 0.29) is 11.7 Å². The number of ketones is 1. The molecular weight excluding hydrogens is 348 g/mol. The van der Waals surface area contributed by atoms with Crippen molar-refractivity contribution < 1.29 is 24.2 Å². The molecule has 0 aromatic rings. The van der Waals surface area contributed by atoms with Gasteiger partial charge in [-0.25, -0.2) is 4.79 Å². The highest BCUT2D eigenvalue weighted by atomic mass is 16.6. The van der Waals surface area contributed by atoms with Crippen molar-refractivity contribution in [2.24, 2.45) is 11.8 Å². The molecule has 4 atom stereocenters. The number of ether oxygens (including phenoxy) is 1. The molecule has 1 spiro atoms. The fourth-order valence-electron chi connectivity index (χ4n) is 4.85. The van der Waals surface area contributed by atoms with Crippen molar-refractivity contribution in [2.45, 2.75) is 77.0 Å². The molecule has 2 saturated heterocycles. The average Bonchev–Trinajstić information content (AvgIpc) is 3.22. The third-order valence-corrected chi connectivity index (χ3v) is 6.11. The zero-order valence-corrected chi connectivity index (χ0v) is 16.9. The molecule has 3 rings (SSSR count). The molecule has 2 amide bonds. The van der Waals surface area contributed by atoms with E-state index in [1.165, 1.54) is 0 Å². The van der Waals surface area contributed by atoms with E-state index in [0.29, 0.717) is 32.5 Å². The number of aliphatic hydroxyl groups excluding tert-OH is 1. The lowest BCUT2D eigenvalue weighted by atomic mass is 9.59. The van der Waals surface area contributed by atoms with Gasteiger partial charge in [0.05, 0.1) is 12.0 Å². The molecule has 1 saturated carbocycles. The fourth-order valence-corrected chi connectivity index (χ4v) is 4.85. The van der Waals surface area contributed by atoms with Gasteiger partial charge in [-0.15, -0.1) is 0 Å². The Kier molecular flexibility index (Phi) is 5.27. The van der Waals surface area contributed by atoms with E-state index in [1.807, 2.05) is 0 Å². The van der Waals surface area contributed by atoms with E-state index in [2.05, 4.69) is 0 Å². The summed E-state index contributed by atoms with van der Waals surface area (Å²) in [6.45, 7) is 8.87. The smallest absolute Gasteiger partial charge is 0.411 e. The molecule has 2 heterocycles. The number of aliphatic hydroxyl groups is 1. The summed E-state index contributed by atoms with van der Waals surface area (Å²) in [5.41, 5.74) is -1.48. The number of Topliss-reactive ketones (excluding diaryl/α,β-unsaturated/α-hetero) is 1. The number of likely N-dealkylation sites (tertiary alicyclic amines) is 2. The van der Waals surface area contributed by atoms with Crippen LogP contribution in [0.15, 0.2) is 0 Å². The summed E-state index contributed by atoms with van der Waals surface area (Å²) in [7, 11) is 0. The van der Waals surface area contributed by atoms with Gasteiger partial charge in [0.15, 0.2) is 5.78 Å². The number of hydrogen-bond acceptors (Lipinski definition) is 5. The maximum absolute atomic E-state index is 13.2. The maximum Gasteiger partial charge on any atom is 0.411 e. The van der Waals surface area contributed by atoms with Crippen LogP contribution in [-0.4, -0.2) is 69.6 Å². The summed E-state index contributed by atoms with van der Waals surface area (Å²) in [5.74, 6) is -1.47. The second-order valence-electron chi connectivity index (χ2n) is 9.24. The van der Waals surface area contributed by atoms with Gasteiger partial charge in [0.25, 0.3) is 0 Å². The SMILES string of the molecule is C[C@@H](O)[C@@H](C(=O)N1CCCC1)C1CC2(CCCN2C(=O)OC(C)(C)C)C1=O. The zero-order chi connectivity index (χ0) is 20.0. The quantitative estimate of drug-likeness (QED) is 0.809. The lowest BCUT2D eigenvalue weighted by Gasteiger charge is -2.51. The maximum atomic E-state index is 13.2. The van der Waals surface area contributed by atoms with E-state index in [0.717, 1.165) is 19.3 Å². The van der Waals surface area contributed by atoms with E-state index >= 15 is 0 Å². The molecule has 1 N–H and O–H groups in total. The summed E-state index contributed by atoms with van der Waals surface area (Å²) in [5, 5.41) is 10.3. The highest BCUT2D eigenvalue weighted by Crippen LogP contribution is 2.50. The highest BCUT2D eigenvalue weighted by molar-refractivity contribution is 6.02. The van der Waals surface area contributed by atoms with Crippen LogP contribution in [0.2, 0.25) is 0 Å². The first kappa shape index (κ1) is 20.1. The Balaban J connectivity index is 1.75. The van der Waals surface area contributed by atoms with Gasteiger partial charge in [-0.1, -0.05) is 0 Å². The van der Waals surface area contributed by atoms with Crippen LogP contribution >= 0.6 is 0 Å². The lowest BCUT2D eigenvalue weighted by molar-refractivity contribution is -0.161. The molecular formula is C20H32N2O5. The molecule has 0 aromatic heterocycles. The first-order valence-corrected chi connectivity index (χ1v) is 10.1. The van der Waals surface area contributed by atoms with Gasteiger partial charge in [0.2, 0.25) is 5.91 Å². The third kappa shape index (κ3) is 3.58. The predicted molar refractivity (Wildman–Crippen MR) is 99.0 cm³/mol. The molecule has 7 nitrogen and oxygen atoms in total. The number of hydrogen-bond donors (Lipinski definition) is 1. The molecule has 2 aliphatic heterocycles. The van der Waals surface area contributed by atoms with Crippen LogP contribution in [0.5, 0.6) is 0 Å². The predicted octanol–water partition coefficient (Wildman–Crippen LogP) is 1.96. The summed E-state index contributed by atoms with van der Waals surface area (Å²) in [4.78, 5) is 42.0. The minimum Gasteiger partial charge on any atom is -0.444 e. The molecule has 27 heavy (non-hydrogen) atoms. The second-order valence-corrected chi connectivity index (χ2v) is 9.24. The summed E-state index contributed by atoms with van der Waals surface area (Å²) in [6, 6.07) is 0. The van der Waals surface area contributed by atoms with Crippen molar-refractivity contribution in [1.82, 2.24) is 9.80 Å². The normalized spacial score (nSPS) is 30.4. The van der Waals surface area contributed by atoms with Crippen molar-refractivity contribution >= 4 is 17.8 Å². The van der Waals surface area contributed by atoms with Crippen LogP contribution < -0.4 is 0 Å². The molecule has 7 heteroatoms. The number of carbonyl (C=O) groups is 3. The Morgan fingerprint density at radius 3 is 2.33 bits per heavy atom. The Hall–Kier alpha value is -1.63. The van der Waals surface area contributed by atoms with Crippen LogP contribution in [0, 0.1) is 11.8 Å². The lowest BCUT2D eigenvalue weighted by Crippen LogP contribution is -2.67. The number of rotatable bonds is 3. The van der Waals surface area contributed by atoms with Gasteiger partial charge in [0, 0.05) is 25.6 Å². The fraction of sp³-hybridized carbons (Fsp3) is 0.850. The molecule has 3 aliphatic rings. The Bertz CT molecular complexity index is 620. The van der Waals surface area contributed by atoms with E-state index in [4.69, 9.17) is 4.74 Å². The number of nitrogens with zero attached hydrogens (tertiary/aromatic N) is 2. The molecule has 1 aliphatic carbocycles. The average molecular weight is 380 g/mol. The van der Waals surface area contributed by atoms with Crippen LogP contribution in [-0.2, 0) is 14.3 Å². The summed E-state index contributed by atoms with van der Waals surface area (Å²) in [6.07, 6.45) is 2.36. The molecule has 152 valence electrons. The summed E-state index contributed by atoms with van der Waals surface area (Å²) < 4.78 is 5.48. The van der Waals surface area contributed by atoms with E-state index in [1.54, 1.807) is 37.5 Å². The Morgan fingerprint density at radius 1 is 1.19 bits per heavy atom. The largest absolute Gasteiger partial charge is 0.444 e. The second kappa shape index (κ2) is 7.08. The van der Waals surface area contributed by atoms with Gasteiger partial charge in [-0.3, -0.25) is 14.5 Å². The van der Waals surface area contributed by atoms with Crippen LogP contribution in [0.1, 0.15) is 59.8 Å². The zero-order valence-electron chi connectivity index (χ0n) is 16.9. The third-order valence-electron chi connectivity index (χ3n) is 6.11. The van der Waals surface area contributed by atoms with Crippen molar-refractivity contribution in [1.29, 1.82) is 0 Å². The Labute approximate surface area is 161 Å². The Morgan fingerprint density at radius 2 is 1.81 bits per heavy atom. The molecule has 0 aromatic carbocycles. The van der Waals surface area contributed by atoms with Gasteiger partial charge in [-0.05, 0) is 59.8 Å². The minimum absolute atomic E-state index is 0.0932. The molecule has 0 radical (unpaired) electrons. The number of carbonyl (C=O) groups excluding carboxylic acids is 3. The number of amides is 2. The van der Waals surface area contributed by atoms with Crippen molar-refractivity contribution in [3.63, 3.8) is 0 Å². The van der Waals surface area contributed by atoms with E-state index in [9.17, 15) is 19.5 Å². The van der Waals surface area contributed by atoms with Crippen molar-refractivity contribution in [3.05, 3.63) is 0 Å². The molecule has 3 fully saturated rings. The van der Waals surface area contributed by atoms with Gasteiger partial charge < -0.3 is 14.7 Å². The first-order chi connectivity index (χ1) is 12.6. The molecule has 2 unspecified atom stereocenters. The first-order valence-electron chi connectivity index (χ1n) is 10.1. The van der Waals surface area contributed by atoms with Gasteiger partial charge in [0.1, 0.15) is 11.1 Å². The van der Waals surface area contributed by atoms with Crippen molar-refractivity contribution in [2.75, 3.05) is 19.6 Å². The molecule has 0 bridgehead atoms. The van der Waals surface area contributed by atoms with Crippen molar-refractivity contribution in [3.8, 4) is 0 Å². The van der Waals surface area contributed by atoms with Crippen LogP contribution in [0.25, 0.3) is 0 Å². The monoisotopic (exact) mass is 380 g/mol. The topological polar surface area (TPSA) is 87.2 Å². The van der Waals surface area contributed by atoms with Crippen LogP contribution in [0.3, 0.4) is 0 Å². The minimum atomic E-state index is -0.888. The van der Waals surface area contributed by atoms with Gasteiger partial charge >= 0.3 is 6.09 Å². The standard InChI is InChI=1S/C20H32N2O5/c1-13(23)15(17(25)21-9-5-6-10-21)14-12-20(16(14)24)8-7-11-22(20)18(26)27-19(2,3)4/h13-15,23H,5-12H2,1-4H3/t13-,14?,15-,20?/m1/s1. The van der Waals surface area contributed by atoms with Crippen LogP contribution in [0.4, 0.5) is 4.79 Å². The van der Waals surface area contributed by atoms with E-state index < -0.39 is 35.2 Å². The van der Waals surface area contributed by atoms with Gasteiger partial charge in [-0.2, -0.15) is 0 Å². The highest BCUT2D eigenvalue weighted by Gasteiger charge is 2.64.